The van der Waals surface area contributed by atoms with Gasteiger partial charge in [0.1, 0.15) is 12.4 Å². The molecule has 2 N–H and O–H groups in total. The van der Waals surface area contributed by atoms with Crippen LogP contribution in [0.4, 0.5) is 11.4 Å². The quantitative estimate of drug-likeness (QED) is 0.642. The van der Waals surface area contributed by atoms with E-state index in [9.17, 15) is 9.90 Å². The number of halogens is 1. The number of carbonyl (C=O) groups is 1. The normalized spacial score (nSPS) is 25.1. The molecule has 0 bridgehead atoms. The minimum absolute atomic E-state index is 0.105. The molecule has 1 aliphatic carbocycles. The van der Waals surface area contributed by atoms with E-state index in [-0.39, 0.29) is 12.0 Å². The second-order valence-electron chi connectivity index (χ2n) is 10.4. The Kier molecular flexibility index (Phi) is 5.78. The van der Waals surface area contributed by atoms with Crippen LogP contribution in [0.5, 0.6) is 5.75 Å². The van der Waals surface area contributed by atoms with Crippen molar-refractivity contribution in [2.75, 3.05) is 36.5 Å². The molecule has 0 atom stereocenters. The highest BCUT2D eigenvalue weighted by atomic mass is 35.5. The van der Waals surface area contributed by atoms with Crippen LogP contribution < -0.4 is 15.0 Å². The molecule has 0 aromatic heterocycles. The average Bonchev–Trinajstić information content (AvgIpc) is 3.09. The number of allylic oxidation sites excluding steroid dienone is 1. The molecule has 35 heavy (non-hydrogen) atoms. The Morgan fingerprint density at radius 1 is 1.14 bits per heavy atom. The van der Waals surface area contributed by atoms with Crippen molar-refractivity contribution in [2.45, 2.75) is 56.1 Å². The molecular weight excluding hydrogens is 462 g/mol. The van der Waals surface area contributed by atoms with Crippen LogP contribution in [0.25, 0.3) is 0 Å². The van der Waals surface area contributed by atoms with Crippen LogP contribution in [0.3, 0.4) is 0 Å². The zero-order valence-electron chi connectivity index (χ0n) is 19.9. The number of rotatable bonds is 5. The number of piperidine rings is 1. The van der Waals surface area contributed by atoms with Gasteiger partial charge in [0, 0.05) is 34.7 Å². The van der Waals surface area contributed by atoms with Crippen LogP contribution in [-0.4, -0.2) is 54.3 Å². The van der Waals surface area contributed by atoms with E-state index in [1.807, 2.05) is 24.3 Å². The third-order valence-corrected chi connectivity index (χ3v) is 8.59. The molecule has 4 aliphatic rings. The van der Waals surface area contributed by atoms with E-state index in [0.29, 0.717) is 17.7 Å². The number of hydrogen-bond acceptors (Lipinski definition) is 5. The summed E-state index contributed by atoms with van der Waals surface area (Å²) in [6.45, 7) is 7.44. The van der Waals surface area contributed by atoms with Crippen molar-refractivity contribution in [2.24, 2.45) is 0 Å². The molecule has 7 heteroatoms. The Balaban J connectivity index is 1.05. The third kappa shape index (κ3) is 4.02. The predicted octanol–water partition coefficient (Wildman–Crippen LogP) is 4.49. The van der Waals surface area contributed by atoms with Crippen LogP contribution in [0.1, 0.15) is 43.2 Å². The molecule has 1 saturated heterocycles. The SMILES string of the molecule is C=C1CCc2cc(OCCN3CCC4(CC3)C(=O)Nc3ccc(Cl)cc34)ccc2N1[C@H]1C[C@H](O)C1. The lowest BCUT2D eigenvalue weighted by atomic mass is 9.73. The summed E-state index contributed by atoms with van der Waals surface area (Å²) in [5.41, 5.74) is 5.14. The summed E-state index contributed by atoms with van der Waals surface area (Å²) in [5.74, 6) is 1.00. The van der Waals surface area contributed by atoms with Gasteiger partial charge in [-0.05, 0) is 99.1 Å². The minimum Gasteiger partial charge on any atom is -0.492 e. The monoisotopic (exact) mass is 493 g/mol. The lowest BCUT2D eigenvalue weighted by Crippen LogP contribution is -2.48. The Labute approximate surface area is 211 Å². The second kappa shape index (κ2) is 8.84. The number of benzene rings is 2. The molecule has 1 saturated carbocycles. The summed E-state index contributed by atoms with van der Waals surface area (Å²) in [6, 6.07) is 12.4. The lowest BCUT2D eigenvalue weighted by molar-refractivity contribution is -0.122. The van der Waals surface area contributed by atoms with Gasteiger partial charge in [-0.2, -0.15) is 0 Å². The van der Waals surface area contributed by atoms with E-state index < -0.39 is 5.41 Å². The van der Waals surface area contributed by atoms with Gasteiger partial charge in [0.05, 0.1) is 11.5 Å². The maximum Gasteiger partial charge on any atom is 0.235 e. The van der Waals surface area contributed by atoms with Crippen molar-refractivity contribution in [3.63, 3.8) is 0 Å². The van der Waals surface area contributed by atoms with E-state index >= 15 is 0 Å². The number of nitrogens with zero attached hydrogens (tertiary/aromatic N) is 2. The van der Waals surface area contributed by atoms with E-state index in [4.69, 9.17) is 16.3 Å². The van der Waals surface area contributed by atoms with Crippen molar-refractivity contribution >= 4 is 28.9 Å². The summed E-state index contributed by atoms with van der Waals surface area (Å²) in [7, 11) is 0. The molecule has 1 spiro atoms. The molecule has 184 valence electrons. The molecule has 2 aromatic rings. The average molecular weight is 494 g/mol. The summed E-state index contributed by atoms with van der Waals surface area (Å²) >= 11 is 6.24. The number of aryl methyl sites for hydroxylation is 1. The van der Waals surface area contributed by atoms with Gasteiger partial charge in [0.2, 0.25) is 5.91 Å². The van der Waals surface area contributed by atoms with Crippen LogP contribution in [0.15, 0.2) is 48.7 Å². The van der Waals surface area contributed by atoms with E-state index in [1.54, 1.807) is 0 Å². The number of anilines is 2. The van der Waals surface area contributed by atoms with Gasteiger partial charge in [-0.15, -0.1) is 0 Å². The number of likely N-dealkylation sites (tertiary alicyclic amines) is 1. The Morgan fingerprint density at radius 2 is 1.94 bits per heavy atom. The molecule has 6 nitrogen and oxygen atoms in total. The van der Waals surface area contributed by atoms with Gasteiger partial charge in [-0.3, -0.25) is 9.69 Å². The smallest absolute Gasteiger partial charge is 0.235 e. The zero-order valence-corrected chi connectivity index (χ0v) is 20.7. The third-order valence-electron chi connectivity index (χ3n) is 8.35. The fourth-order valence-corrected chi connectivity index (χ4v) is 6.39. The number of aliphatic hydroxyl groups is 1. The van der Waals surface area contributed by atoms with Gasteiger partial charge in [-0.25, -0.2) is 0 Å². The maximum absolute atomic E-state index is 12.8. The molecule has 2 aromatic carbocycles. The highest BCUT2D eigenvalue weighted by Crippen LogP contribution is 2.46. The largest absolute Gasteiger partial charge is 0.492 e. The number of hydrogen-bond donors (Lipinski definition) is 2. The predicted molar refractivity (Wildman–Crippen MR) is 138 cm³/mol. The van der Waals surface area contributed by atoms with Crippen LogP contribution in [0.2, 0.25) is 5.02 Å². The first-order chi connectivity index (χ1) is 16.9. The molecule has 6 rings (SSSR count). The van der Waals surface area contributed by atoms with Gasteiger partial charge >= 0.3 is 0 Å². The number of ether oxygens (including phenoxy) is 1. The number of carbonyl (C=O) groups excluding carboxylic acids is 1. The van der Waals surface area contributed by atoms with Crippen molar-refractivity contribution in [1.29, 1.82) is 0 Å². The van der Waals surface area contributed by atoms with Gasteiger partial charge < -0.3 is 20.1 Å². The zero-order chi connectivity index (χ0) is 24.2. The molecule has 0 radical (unpaired) electrons. The highest BCUT2D eigenvalue weighted by molar-refractivity contribution is 6.31. The van der Waals surface area contributed by atoms with Crippen LogP contribution in [-0.2, 0) is 16.6 Å². The van der Waals surface area contributed by atoms with E-state index in [2.05, 4.69) is 33.8 Å². The first-order valence-corrected chi connectivity index (χ1v) is 13.1. The van der Waals surface area contributed by atoms with E-state index in [0.717, 1.165) is 80.9 Å². The van der Waals surface area contributed by atoms with E-state index in [1.165, 1.54) is 11.3 Å². The number of nitrogens with one attached hydrogen (secondary N) is 1. The Morgan fingerprint density at radius 3 is 2.71 bits per heavy atom. The first kappa shape index (κ1) is 22.9. The van der Waals surface area contributed by atoms with Crippen molar-refractivity contribution in [1.82, 2.24) is 4.90 Å². The summed E-state index contributed by atoms with van der Waals surface area (Å²) in [5, 5.41) is 13.5. The van der Waals surface area contributed by atoms with Crippen LogP contribution in [0, 0.1) is 0 Å². The molecule has 2 fully saturated rings. The fraction of sp³-hybridized carbons (Fsp3) is 0.464. The molecule has 3 heterocycles. The van der Waals surface area contributed by atoms with Crippen molar-refractivity contribution in [3.05, 3.63) is 64.8 Å². The summed E-state index contributed by atoms with van der Waals surface area (Å²) in [6.07, 6.45) is 4.95. The van der Waals surface area contributed by atoms with Crippen molar-refractivity contribution in [3.8, 4) is 5.75 Å². The maximum atomic E-state index is 12.8. The fourth-order valence-electron chi connectivity index (χ4n) is 6.21. The summed E-state index contributed by atoms with van der Waals surface area (Å²) in [4.78, 5) is 17.6. The number of amides is 1. The molecule has 0 unspecified atom stereocenters. The Bertz CT molecular complexity index is 1170. The lowest BCUT2D eigenvalue weighted by Gasteiger charge is -2.45. The van der Waals surface area contributed by atoms with Gasteiger partial charge in [0.25, 0.3) is 0 Å². The van der Waals surface area contributed by atoms with Gasteiger partial charge in [-0.1, -0.05) is 18.2 Å². The highest BCUT2D eigenvalue weighted by Gasteiger charge is 2.48. The summed E-state index contributed by atoms with van der Waals surface area (Å²) < 4.78 is 6.15. The Hall–Kier alpha value is -2.54. The van der Waals surface area contributed by atoms with Crippen LogP contribution >= 0.6 is 11.6 Å². The molecule has 1 amide bonds. The first-order valence-electron chi connectivity index (χ1n) is 12.7. The minimum atomic E-state index is -0.456. The molecule has 3 aliphatic heterocycles. The van der Waals surface area contributed by atoms with Crippen molar-refractivity contribution < 1.29 is 14.6 Å². The molecular formula is C28H32ClN3O3. The topological polar surface area (TPSA) is 65.0 Å². The number of fused-ring (bicyclic) bond motifs is 3. The second-order valence-corrected chi connectivity index (χ2v) is 10.9. The standard InChI is InChI=1S/C28H32ClN3O3/c1-18-2-3-19-14-23(5-7-26(19)32(18)21-16-22(33)17-21)35-13-12-31-10-8-28(9-11-31)24-15-20(29)4-6-25(24)30-27(28)34/h4-7,14-15,21-22,33H,1-3,8-13,16-17H2,(H,30,34)/t21-,22-. The number of aliphatic hydroxyl groups excluding tert-OH is 1. The van der Waals surface area contributed by atoms with Gasteiger partial charge in [0.15, 0.2) is 0 Å².